The van der Waals surface area contributed by atoms with Crippen molar-refractivity contribution in [2.24, 2.45) is 0 Å². The summed E-state index contributed by atoms with van der Waals surface area (Å²) in [5, 5.41) is 18.9. The molecule has 5 aromatic rings. The van der Waals surface area contributed by atoms with Crippen LogP contribution in [0.5, 0.6) is 17.2 Å². The zero-order valence-electron chi connectivity index (χ0n) is 22.3. The van der Waals surface area contributed by atoms with E-state index < -0.39 is 12.1 Å². The van der Waals surface area contributed by atoms with Gasteiger partial charge in [-0.15, -0.1) is 10.2 Å². The van der Waals surface area contributed by atoms with Crippen LogP contribution >= 0.6 is 0 Å². The molecule has 3 heterocycles. The minimum absolute atomic E-state index is 0.225. The molecule has 0 atom stereocenters. The number of anilines is 2. The summed E-state index contributed by atoms with van der Waals surface area (Å²) in [7, 11) is 3.14. The van der Waals surface area contributed by atoms with Crippen LogP contribution in [0.4, 0.5) is 25.1 Å². The molecule has 220 valence electrons. The van der Waals surface area contributed by atoms with Crippen LogP contribution in [0, 0.1) is 6.92 Å². The Kier molecular flexibility index (Phi) is 8.68. The highest BCUT2D eigenvalue weighted by molar-refractivity contribution is 5.86. The van der Waals surface area contributed by atoms with Gasteiger partial charge in [0, 0.05) is 11.5 Å². The number of H-pyrrole nitrogens is 1. The first-order valence-electron chi connectivity index (χ1n) is 11.9. The SMILES string of the molecule is COc1cc2nc(Nc3nc4ccc(OCCn5cnnc5)cc4c(=O)[nH]3)nc(C)c2cc1OC.O=C(O)C(F)(F)F. The molecule has 14 nitrogen and oxygen atoms in total. The zero-order valence-corrected chi connectivity index (χ0v) is 22.3. The Labute approximate surface area is 234 Å². The van der Waals surface area contributed by atoms with Gasteiger partial charge in [-0.3, -0.25) is 15.1 Å². The summed E-state index contributed by atoms with van der Waals surface area (Å²) in [6.07, 6.45) is -1.86. The average molecular weight is 589 g/mol. The Morgan fingerprint density at radius 3 is 2.31 bits per heavy atom. The fourth-order valence-corrected chi connectivity index (χ4v) is 3.64. The lowest BCUT2D eigenvalue weighted by molar-refractivity contribution is -0.192. The number of nitrogens with zero attached hydrogens (tertiary/aromatic N) is 6. The third kappa shape index (κ3) is 6.98. The van der Waals surface area contributed by atoms with Gasteiger partial charge in [0.1, 0.15) is 25.0 Å². The van der Waals surface area contributed by atoms with E-state index in [0.717, 1.165) is 11.1 Å². The molecule has 0 saturated carbocycles. The van der Waals surface area contributed by atoms with Crippen LogP contribution in [0.3, 0.4) is 0 Å². The standard InChI is InChI=1S/C23H22N8O4.C2HF3O2/c1-13-15-9-19(33-2)20(34-3)10-18(15)28-22(26-13)30-23-27-17-5-4-14(8-16(17)21(32)29-23)35-7-6-31-11-24-25-12-31;3-2(4,5)1(6)7/h4-5,8-12H,6-7H2,1-3H3,(H2,26,27,28,29,30,32);(H,6,7). The Hall–Kier alpha value is -5.48. The maximum absolute atomic E-state index is 12.8. The monoisotopic (exact) mass is 588 g/mol. The Balaban J connectivity index is 0.000000517. The predicted molar refractivity (Wildman–Crippen MR) is 142 cm³/mol. The smallest absolute Gasteiger partial charge is 0.490 e. The second kappa shape index (κ2) is 12.4. The topological polar surface area (TPSA) is 179 Å². The molecule has 5 rings (SSSR count). The highest BCUT2D eigenvalue weighted by Gasteiger charge is 2.38. The van der Waals surface area contributed by atoms with E-state index in [1.165, 1.54) is 0 Å². The van der Waals surface area contributed by atoms with Crippen LogP contribution in [-0.4, -0.2) is 72.8 Å². The first-order chi connectivity index (χ1) is 20.0. The van der Waals surface area contributed by atoms with E-state index in [4.69, 9.17) is 24.1 Å². The van der Waals surface area contributed by atoms with Gasteiger partial charge < -0.3 is 23.9 Å². The van der Waals surface area contributed by atoms with Crippen LogP contribution in [-0.2, 0) is 11.3 Å². The van der Waals surface area contributed by atoms with Gasteiger partial charge in [0.2, 0.25) is 11.9 Å². The van der Waals surface area contributed by atoms with E-state index in [-0.39, 0.29) is 11.5 Å². The minimum atomic E-state index is -5.08. The summed E-state index contributed by atoms with van der Waals surface area (Å²) in [6, 6.07) is 8.76. The average Bonchev–Trinajstić information content (AvgIpc) is 3.46. The number of carboxylic acid groups (broad SMARTS) is 1. The van der Waals surface area contributed by atoms with Gasteiger partial charge in [0.05, 0.1) is 42.9 Å². The quantitative estimate of drug-likeness (QED) is 0.241. The third-order valence-corrected chi connectivity index (χ3v) is 5.63. The van der Waals surface area contributed by atoms with Gasteiger partial charge in [0.15, 0.2) is 11.5 Å². The highest BCUT2D eigenvalue weighted by Crippen LogP contribution is 2.33. The van der Waals surface area contributed by atoms with Crippen molar-refractivity contribution in [3.8, 4) is 17.2 Å². The van der Waals surface area contributed by atoms with E-state index in [1.807, 2.05) is 13.0 Å². The maximum Gasteiger partial charge on any atom is 0.490 e. The van der Waals surface area contributed by atoms with E-state index in [0.29, 0.717) is 52.8 Å². The highest BCUT2D eigenvalue weighted by atomic mass is 19.4. The number of aromatic amines is 1. The van der Waals surface area contributed by atoms with E-state index in [9.17, 15) is 18.0 Å². The number of rotatable bonds is 8. The summed E-state index contributed by atoms with van der Waals surface area (Å²) in [5.74, 6) is -0.526. The fraction of sp³-hybridized carbons (Fsp3) is 0.240. The number of methoxy groups -OCH3 is 2. The predicted octanol–water partition coefficient (Wildman–Crippen LogP) is 3.24. The lowest BCUT2D eigenvalue weighted by Gasteiger charge is -2.12. The number of hydrogen-bond donors (Lipinski definition) is 3. The summed E-state index contributed by atoms with van der Waals surface area (Å²) < 4.78 is 50.0. The van der Waals surface area contributed by atoms with Crippen molar-refractivity contribution in [2.45, 2.75) is 19.6 Å². The normalized spacial score (nSPS) is 11.1. The summed E-state index contributed by atoms with van der Waals surface area (Å²) >= 11 is 0. The van der Waals surface area contributed by atoms with Gasteiger partial charge >= 0.3 is 12.1 Å². The molecule has 0 radical (unpaired) electrons. The maximum atomic E-state index is 12.8. The number of fused-ring (bicyclic) bond motifs is 2. The Bertz CT molecular complexity index is 1780. The number of aryl methyl sites for hydroxylation is 1. The molecule has 17 heteroatoms. The van der Waals surface area contributed by atoms with Crippen LogP contribution in [0.25, 0.3) is 21.8 Å². The van der Waals surface area contributed by atoms with Gasteiger partial charge in [0.25, 0.3) is 5.56 Å². The van der Waals surface area contributed by atoms with Crippen molar-refractivity contribution >= 4 is 39.7 Å². The number of benzene rings is 2. The number of ether oxygens (including phenoxy) is 3. The fourth-order valence-electron chi connectivity index (χ4n) is 3.64. The van der Waals surface area contributed by atoms with Gasteiger partial charge in [-0.1, -0.05) is 0 Å². The zero-order chi connectivity index (χ0) is 30.4. The Morgan fingerprint density at radius 2 is 1.67 bits per heavy atom. The molecule has 0 saturated heterocycles. The lowest BCUT2D eigenvalue weighted by atomic mass is 10.1. The number of carbonyl (C=O) groups is 1. The molecule has 42 heavy (non-hydrogen) atoms. The summed E-state index contributed by atoms with van der Waals surface area (Å²) in [4.78, 5) is 37.9. The number of halogens is 3. The second-order valence-electron chi connectivity index (χ2n) is 8.43. The van der Waals surface area contributed by atoms with Crippen molar-refractivity contribution in [1.29, 1.82) is 0 Å². The molecule has 0 fully saturated rings. The third-order valence-electron chi connectivity index (χ3n) is 5.63. The molecule has 2 aromatic carbocycles. The van der Waals surface area contributed by atoms with E-state index in [2.05, 4.69) is 35.5 Å². The van der Waals surface area contributed by atoms with Crippen molar-refractivity contribution in [3.05, 3.63) is 59.0 Å². The van der Waals surface area contributed by atoms with Crippen LogP contribution in [0.1, 0.15) is 5.69 Å². The molecule has 0 aliphatic carbocycles. The van der Waals surface area contributed by atoms with E-state index in [1.54, 1.807) is 55.7 Å². The van der Waals surface area contributed by atoms with Crippen molar-refractivity contribution in [1.82, 2.24) is 34.7 Å². The molecule has 0 aliphatic rings. The van der Waals surface area contributed by atoms with Crippen molar-refractivity contribution in [3.63, 3.8) is 0 Å². The van der Waals surface area contributed by atoms with Crippen LogP contribution in [0.2, 0.25) is 0 Å². The molecule has 0 amide bonds. The molecule has 0 unspecified atom stereocenters. The number of aromatic nitrogens is 7. The molecule has 3 aromatic heterocycles. The molecular formula is C25H23F3N8O6. The first kappa shape index (κ1) is 29.5. The van der Waals surface area contributed by atoms with Crippen LogP contribution in [0.15, 0.2) is 47.8 Å². The molecule has 0 aliphatic heterocycles. The van der Waals surface area contributed by atoms with Crippen LogP contribution < -0.4 is 25.1 Å². The minimum Gasteiger partial charge on any atom is -0.493 e. The second-order valence-corrected chi connectivity index (χ2v) is 8.43. The molecular weight excluding hydrogens is 565 g/mol. The van der Waals surface area contributed by atoms with Crippen molar-refractivity contribution in [2.75, 3.05) is 26.1 Å². The van der Waals surface area contributed by atoms with Gasteiger partial charge in [-0.2, -0.15) is 13.2 Å². The summed E-state index contributed by atoms with van der Waals surface area (Å²) in [6.45, 7) is 2.86. The van der Waals surface area contributed by atoms with E-state index >= 15 is 0 Å². The largest absolute Gasteiger partial charge is 0.493 e. The lowest BCUT2D eigenvalue weighted by Crippen LogP contribution is -2.21. The summed E-state index contributed by atoms with van der Waals surface area (Å²) in [5.41, 5.74) is 1.58. The van der Waals surface area contributed by atoms with Gasteiger partial charge in [-0.25, -0.2) is 19.7 Å². The Morgan fingerprint density at radius 1 is 1.00 bits per heavy atom. The number of aliphatic carboxylic acids is 1. The number of nitrogens with one attached hydrogen (secondary N) is 2. The molecule has 0 bridgehead atoms. The number of carboxylic acids is 1. The first-order valence-corrected chi connectivity index (χ1v) is 11.9. The number of hydrogen-bond acceptors (Lipinski definition) is 11. The molecule has 0 spiro atoms. The number of alkyl halides is 3. The van der Waals surface area contributed by atoms with Gasteiger partial charge in [-0.05, 0) is 31.2 Å². The molecule has 3 N–H and O–H groups in total. The van der Waals surface area contributed by atoms with Crippen molar-refractivity contribution < 1.29 is 37.3 Å².